The fraction of sp³-hybridized carbons (Fsp3) is 0.643. The maximum absolute atomic E-state index is 5.73. The van der Waals surface area contributed by atoms with Crippen LogP contribution in [0.3, 0.4) is 0 Å². The van der Waals surface area contributed by atoms with E-state index in [0.29, 0.717) is 6.10 Å². The Morgan fingerprint density at radius 3 is 3.11 bits per heavy atom. The molecule has 1 unspecified atom stereocenters. The summed E-state index contributed by atoms with van der Waals surface area (Å²) in [5, 5.41) is 3.20. The van der Waals surface area contributed by atoms with E-state index in [1.54, 1.807) is 0 Å². The van der Waals surface area contributed by atoms with Gasteiger partial charge in [-0.1, -0.05) is 0 Å². The predicted octanol–water partition coefficient (Wildman–Crippen LogP) is 1.81. The minimum atomic E-state index is 0.389. The van der Waals surface area contributed by atoms with Crippen LogP contribution in [0.2, 0.25) is 0 Å². The van der Waals surface area contributed by atoms with Crippen molar-refractivity contribution in [2.45, 2.75) is 32.4 Å². The number of rotatable bonds is 6. The highest BCUT2D eigenvalue weighted by Gasteiger charge is 2.19. The Morgan fingerprint density at radius 2 is 2.44 bits per heavy atom. The van der Waals surface area contributed by atoms with Crippen LogP contribution in [0.25, 0.3) is 0 Å². The predicted molar refractivity (Wildman–Crippen MR) is 73.9 cm³/mol. The zero-order chi connectivity index (χ0) is 12.8. The molecule has 0 bridgehead atoms. The van der Waals surface area contributed by atoms with Gasteiger partial charge in [0.1, 0.15) is 0 Å². The van der Waals surface area contributed by atoms with Gasteiger partial charge in [0, 0.05) is 49.9 Å². The first-order valence-electron chi connectivity index (χ1n) is 6.79. The summed E-state index contributed by atoms with van der Waals surface area (Å²) >= 11 is 0. The number of nitrogens with zero attached hydrogens (tertiary/aromatic N) is 2. The summed E-state index contributed by atoms with van der Waals surface area (Å²) in [7, 11) is 1.97. The SMILES string of the molecule is CCN(CC1CCCO1)c1ccncc1CNC. The lowest BCUT2D eigenvalue weighted by molar-refractivity contribution is 0.115. The summed E-state index contributed by atoms with van der Waals surface area (Å²) in [6.07, 6.45) is 6.59. The second-order valence-corrected chi connectivity index (χ2v) is 4.71. The van der Waals surface area contributed by atoms with Crippen LogP contribution in [0.4, 0.5) is 5.69 Å². The number of likely N-dealkylation sites (N-methyl/N-ethyl adjacent to an activating group) is 1. The fourth-order valence-electron chi connectivity index (χ4n) is 2.49. The lowest BCUT2D eigenvalue weighted by Crippen LogP contribution is -2.33. The molecule has 1 aromatic rings. The summed E-state index contributed by atoms with van der Waals surface area (Å²) in [5.74, 6) is 0. The highest BCUT2D eigenvalue weighted by molar-refractivity contribution is 5.52. The Bertz CT molecular complexity index is 364. The van der Waals surface area contributed by atoms with E-state index in [2.05, 4.69) is 28.2 Å². The van der Waals surface area contributed by atoms with Crippen LogP contribution in [0.5, 0.6) is 0 Å². The topological polar surface area (TPSA) is 37.4 Å². The zero-order valence-corrected chi connectivity index (χ0v) is 11.4. The molecular formula is C14H23N3O. The molecule has 0 radical (unpaired) electrons. The fourth-order valence-corrected chi connectivity index (χ4v) is 2.49. The number of pyridine rings is 1. The number of hydrogen-bond acceptors (Lipinski definition) is 4. The van der Waals surface area contributed by atoms with Gasteiger partial charge in [-0.05, 0) is 32.9 Å². The van der Waals surface area contributed by atoms with E-state index in [1.165, 1.54) is 24.1 Å². The van der Waals surface area contributed by atoms with Crippen molar-refractivity contribution in [3.05, 3.63) is 24.0 Å². The van der Waals surface area contributed by atoms with Crippen molar-refractivity contribution >= 4 is 5.69 Å². The number of anilines is 1. The van der Waals surface area contributed by atoms with Crippen LogP contribution in [-0.2, 0) is 11.3 Å². The van der Waals surface area contributed by atoms with Gasteiger partial charge < -0.3 is 15.0 Å². The summed E-state index contributed by atoms with van der Waals surface area (Å²) in [6.45, 7) is 5.95. The molecule has 0 aromatic carbocycles. The molecule has 0 amide bonds. The van der Waals surface area contributed by atoms with E-state index >= 15 is 0 Å². The third-order valence-electron chi connectivity index (χ3n) is 3.42. The van der Waals surface area contributed by atoms with Crippen LogP contribution in [0.1, 0.15) is 25.3 Å². The standard InChI is InChI=1S/C14H23N3O/c1-3-17(11-13-5-4-8-18-13)14-6-7-16-10-12(14)9-15-2/h6-7,10,13,15H,3-5,8-9,11H2,1-2H3. The first-order chi connectivity index (χ1) is 8.85. The number of aromatic nitrogens is 1. The van der Waals surface area contributed by atoms with Crippen molar-refractivity contribution in [3.63, 3.8) is 0 Å². The van der Waals surface area contributed by atoms with Crippen molar-refractivity contribution < 1.29 is 4.74 Å². The van der Waals surface area contributed by atoms with E-state index in [1.807, 2.05) is 19.4 Å². The maximum Gasteiger partial charge on any atom is 0.0750 e. The van der Waals surface area contributed by atoms with E-state index < -0.39 is 0 Å². The Balaban J connectivity index is 2.10. The normalized spacial score (nSPS) is 19.1. The van der Waals surface area contributed by atoms with E-state index in [4.69, 9.17) is 4.74 Å². The van der Waals surface area contributed by atoms with Crippen molar-refractivity contribution in [2.75, 3.05) is 31.6 Å². The molecule has 1 N–H and O–H groups in total. The molecular weight excluding hydrogens is 226 g/mol. The average molecular weight is 249 g/mol. The summed E-state index contributed by atoms with van der Waals surface area (Å²) in [4.78, 5) is 6.61. The smallest absolute Gasteiger partial charge is 0.0750 e. The van der Waals surface area contributed by atoms with Crippen LogP contribution < -0.4 is 10.2 Å². The van der Waals surface area contributed by atoms with Crippen molar-refractivity contribution in [3.8, 4) is 0 Å². The first kappa shape index (κ1) is 13.3. The minimum Gasteiger partial charge on any atom is -0.376 e. The van der Waals surface area contributed by atoms with Gasteiger partial charge in [0.05, 0.1) is 6.10 Å². The summed E-state index contributed by atoms with van der Waals surface area (Å²) < 4.78 is 5.73. The summed E-state index contributed by atoms with van der Waals surface area (Å²) in [6, 6.07) is 2.10. The summed E-state index contributed by atoms with van der Waals surface area (Å²) in [5.41, 5.74) is 2.53. The second kappa shape index (κ2) is 6.71. The third kappa shape index (κ3) is 3.21. The molecule has 1 atom stereocenters. The van der Waals surface area contributed by atoms with Crippen LogP contribution in [0, 0.1) is 0 Å². The Labute approximate surface area is 109 Å². The van der Waals surface area contributed by atoms with Crippen LogP contribution in [-0.4, -0.2) is 37.8 Å². The Hall–Kier alpha value is -1.13. The van der Waals surface area contributed by atoms with Crippen molar-refractivity contribution in [1.29, 1.82) is 0 Å². The third-order valence-corrected chi connectivity index (χ3v) is 3.42. The molecule has 1 aliphatic heterocycles. The van der Waals surface area contributed by atoms with Gasteiger partial charge in [-0.15, -0.1) is 0 Å². The molecule has 0 aliphatic carbocycles. The van der Waals surface area contributed by atoms with Gasteiger partial charge in [-0.3, -0.25) is 4.98 Å². The van der Waals surface area contributed by atoms with Gasteiger partial charge >= 0.3 is 0 Å². The van der Waals surface area contributed by atoms with Gasteiger partial charge in [0.2, 0.25) is 0 Å². The Kier molecular flexibility index (Phi) is 4.96. The highest BCUT2D eigenvalue weighted by Crippen LogP contribution is 2.22. The molecule has 18 heavy (non-hydrogen) atoms. The quantitative estimate of drug-likeness (QED) is 0.834. The molecule has 2 heterocycles. The van der Waals surface area contributed by atoms with Gasteiger partial charge in [0.15, 0.2) is 0 Å². The molecule has 1 aromatic heterocycles. The molecule has 2 rings (SSSR count). The second-order valence-electron chi connectivity index (χ2n) is 4.71. The van der Waals surface area contributed by atoms with Crippen LogP contribution in [0.15, 0.2) is 18.5 Å². The number of nitrogens with one attached hydrogen (secondary N) is 1. The molecule has 4 heteroatoms. The molecule has 1 saturated heterocycles. The van der Waals surface area contributed by atoms with Crippen molar-refractivity contribution in [2.24, 2.45) is 0 Å². The highest BCUT2D eigenvalue weighted by atomic mass is 16.5. The zero-order valence-electron chi connectivity index (χ0n) is 11.4. The van der Waals surface area contributed by atoms with Crippen molar-refractivity contribution in [1.82, 2.24) is 10.3 Å². The van der Waals surface area contributed by atoms with Gasteiger partial charge in [-0.2, -0.15) is 0 Å². The number of hydrogen-bond donors (Lipinski definition) is 1. The molecule has 0 spiro atoms. The largest absolute Gasteiger partial charge is 0.376 e. The Morgan fingerprint density at radius 1 is 1.56 bits per heavy atom. The van der Waals surface area contributed by atoms with E-state index in [-0.39, 0.29) is 0 Å². The maximum atomic E-state index is 5.73. The monoisotopic (exact) mass is 249 g/mol. The molecule has 4 nitrogen and oxygen atoms in total. The van der Waals surface area contributed by atoms with E-state index in [9.17, 15) is 0 Å². The van der Waals surface area contributed by atoms with Crippen LogP contribution >= 0.6 is 0 Å². The van der Waals surface area contributed by atoms with E-state index in [0.717, 1.165) is 26.2 Å². The molecule has 100 valence electrons. The first-order valence-corrected chi connectivity index (χ1v) is 6.79. The molecule has 1 aliphatic rings. The lowest BCUT2D eigenvalue weighted by atomic mass is 10.1. The van der Waals surface area contributed by atoms with Gasteiger partial charge in [0.25, 0.3) is 0 Å². The van der Waals surface area contributed by atoms with Gasteiger partial charge in [-0.25, -0.2) is 0 Å². The number of ether oxygens (including phenoxy) is 1. The molecule has 0 saturated carbocycles. The average Bonchev–Trinajstić information content (AvgIpc) is 2.90. The molecule has 1 fully saturated rings. The lowest BCUT2D eigenvalue weighted by Gasteiger charge is -2.28. The minimum absolute atomic E-state index is 0.389.